The Balaban J connectivity index is 1.23. The summed E-state index contributed by atoms with van der Waals surface area (Å²) in [5.41, 5.74) is 2.63. The maximum atomic E-state index is 13.7. The van der Waals surface area contributed by atoms with Crippen LogP contribution in [-0.2, 0) is 30.4 Å². The van der Waals surface area contributed by atoms with Gasteiger partial charge in [0.1, 0.15) is 23.9 Å². The molecule has 3 aromatic rings. The van der Waals surface area contributed by atoms with Gasteiger partial charge in [-0.2, -0.15) is 13.1 Å². The number of aromatic nitrogens is 2. The number of hydrogen-bond donors (Lipinski definition) is 2. The summed E-state index contributed by atoms with van der Waals surface area (Å²) < 4.78 is 42.3. The van der Waals surface area contributed by atoms with Crippen molar-refractivity contribution < 1.29 is 31.7 Å². The molecule has 1 aliphatic carbocycles. The molecule has 0 spiro atoms. The molecule has 14 heteroatoms. The van der Waals surface area contributed by atoms with Crippen molar-refractivity contribution in [1.82, 2.24) is 14.7 Å². The van der Waals surface area contributed by atoms with E-state index in [1.165, 1.54) is 29.4 Å². The van der Waals surface area contributed by atoms with E-state index in [1.54, 1.807) is 25.5 Å². The summed E-state index contributed by atoms with van der Waals surface area (Å²) in [6.45, 7) is 7.35. The molecule has 5 rings (SSSR count). The number of ketones is 1. The highest BCUT2D eigenvalue weighted by Gasteiger charge is 2.31. The summed E-state index contributed by atoms with van der Waals surface area (Å²) in [6, 6.07) is 7.66. The minimum absolute atomic E-state index is 0.0657. The number of amides is 1. The average Bonchev–Trinajstić information content (AvgIpc) is 3.56. The molecule has 1 aliphatic heterocycles. The van der Waals surface area contributed by atoms with Gasteiger partial charge in [-0.25, -0.2) is 14.8 Å². The van der Waals surface area contributed by atoms with E-state index in [9.17, 15) is 18.0 Å². The molecule has 0 saturated heterocycles. The van der Waals surface area contributed by atoms with Crippen molar-refractivity contribution in [2.45, 2.75) is 71.1 Å². The number of halogens is 1. The van der Waals surface area contributed by atoms with E-state index in [2.05, 4.69) is 15.3 Å². The summed E-state index contributed by atoms with van der Waals surface area (Å²) >= 11 is 7.69. The Bertz CT molecular complexity index is 1650. The van der Waals surface area contributed by atoms with Crippen LogP contribution in [0.4, 0.5) is 10.6 Å². The molecule has 1 amide bonds. The van der Waals surface area contributed by atoms with Crippen molar-refractivity contribution in [2.24, 2.45) is 5.92 Å². The van der Waals surface area contributed by atoms with Crippen LogP contribution < -0.4 is 10.0 Å². The van der Waals surface area contributed by atoms with Crippen LogP contribution in [0.25, 0.3) is 0 Å². The van der Waals surface area contributed by atoms with Gasteiger partial charge in [0, 0.05) is 22.1 Å². The number of nitrogens with one attached hydrogen (secondary N) is 2. The van der Waals surface area contributed by atoms with Crippen LogP contribution in [0.15, 0.2) is 36.8 Å². The Morgan fingerprint density at radius 3 is 2.75 bits per heavy atom. The molecule has 0 bridgehead atoms. The number of fused-ring (bicyclic) bond motifs is 1. The normalized spacial score (nSPS) is 20.2. The van der Waals surface area contributed by atoms with Gasteiger partial charge >= 0.3 is 16.4 Å². The van der Waals surface area contributed by atoms with E-state index in [1.807, 2.05) is 31.2 Å². The number of carbonyl (C=O) groups excluding carboxylic acids is 2. The summed E-state index contributed by atoms with van der Waals surface area (Å²) in [5, 5.41) is 3.99. The van der Waals surface area contributed by atoms with Gasteiger partial charge in [-0.1, -0.05) is 17.7 Å². The average molecular weight is 663 g/mol. The number of aryl methyl sites for hydroxylation is 1. The smallest absolute Gasteiger partial charge is 0.423 e. The molecular weight excluding hydrogens is 628 g/mol. The van der Waals surface area contributed by atoms with Crippen molar-refractivity contribution >= 4 is 50.9 Å². The highest BCUT2D eigenvalue weighted by Crippen LogP contribution is 2.39. The summed E-state index contributed by atoms with van der Waals surface area (Å²) in [6.07, 6.45) is 4.28. The fourth-order valence-electron chi connectivity index (χ4n) is 5.45. The number of anilines is 1. The molecule has 236 valence electrons. The van der Waals surface area contributed by atoms with E-state index in [-0.39, 0.29) is 30.5 Å². The lowest BCUT2D eigenvalue weighted by Gasteiger charge is -2.26. The van der Waals surface area contributed by atoms with Gasteiger partial charge in [-0.05, 0) is 94.2 Å². The monoisotopic (exact) mass is 662 g/mol. The van der Waals surface area contributed by atoms with E-state index in [4.69, 9.17) is 25.3 Å². The first-order valence-electron chi connectivity index (χ1n) is 14.3. The lowest BCUT2D eigenvalue weighted by atomic mass is 9.93. The van der Waals surface area contributed by atoms with Crippen molar-refractivity contribution in [3.8, 4) is 0 Å². The molecule has 1 aromatic carbocycles. The minimum Gasteiger partial charge on any atom is -0.443 e. The van der Waals surface area contributed by atoms with Gasteiger partial charge in [0.2, 0.25) is 5.78 Å². The highest BCUT2D eigenvalue weighted by molar-refractivity contribution is 7.85. The fourth-order valence-corrected chi connectivity index (χ4v) is 7.31. The van der Waals surface area contributed by atoms with Crippen molar-refractivity contribution in [2.75, 3.05) is 18.5 Å². The Labute approximate surface area is 265 Å². The van der Waals surface area contributed by atoms with Gasteiger partial charge in [0.05, 0.1) is 23.7 Å². The third-order valence-electron chi connectivity index (χ3n) is 7.41. The molecule has 44 heavy (non-hydrogen) atoms. The first kappa shape index (κ1) is 32.3. The number of carbonyl (C=O) groups is 2. The largest absolute Gasteiger partial charge is 0.443 e. The third-order valence-corrected chi connectivity index (χ3v) is 9.58. The first-order chi connectivity index (χ1) is 20.8. The van der Waals surface area contributed by atoms with Crippen molar-refractivity contribution in [1.29, 1.82) is 0 Å². The van der Waals surface area contributed by atoms with Gasteiger partial charge in [-0.3, -0.25) is 8.98 Å². The second-order valence-corrected chi connectivity index (χ2v) is 15.0. The topological polar surface area (TPSA) is 146 Å². The van der Waals surface area contributed by atoms with E-state index in [0.717, 1.165) is 22.4 Å². The number of hydrogen-bond acceptors (Lipinski definition) is 11. The van der Waals surface area contributed by atoms with Gasteiger partial charge < -0.3 is 14.8 Å². The molecule has 1 saturated carbocycles. The zero-order valence-corrected chi connectivity index (χ0v) is 27.3. The molecule has 11 nitrogen and oxygen atoms in total. The van der Waals surface area contributed by atoms with Crippen molar-refractivity contribution in [3.05, 3.63) is 73.8 Å². The van der Waals surface area contributed by atoms with Crippen LogP contribution in [0, 0.1) is 12.8 Å². The number of nitrogens with zero attached hydrogens (tertiary/aromatic N) is 2. The summed E-state index contributed by atoms with van der Waals surface area (Å²) in [4.78, 5) is 35.5. The van der Waals surface area contributed by atoms with Crippen LogP contribution in [-0.4, -0.2) is 55.1 Å². The molecule has 2 aliphatic rings. The quantitative estimate of drug-likeness (QED) is 0.271. The maximum absolute atomic E-state index is 13.7. The van der Waals surface area contributed by atoms with Crippen molar-refractivity contribution in [3.63, 3.8) is 0 Å². The van der Waals surface area contributed by atoms with E-state index >= 15 is 0 Å². The molecule has 3 atom stereocenters. The zero-order valence-electron chi connectivity index (χ0n) is 24.9. The van der Waals surface area contributed by atoms with Crippen LogP contribution in [0.5, 0.6) is 0 Å². The Morgan fingerprint density at radius 1 is 1.18 bits per heavy atom. The van der Waals surface area contributed by atoms with Crippen LogP contribution in [0.2, 0.25) is 5.02 Å². The Hall–Kier alpha value is -3.10. The molecule has 0 unspecified atom stereocenters. The van der Waals surface area contributed by atoms with Crippen LogP contribution >= 0.6 is 22.9 Å². The lowest BCUT2D eigenvalue weighted by molar-refractivity contribution is 0.0562. The number of rotatable bonds is 9. The molecule has 0 radical (unpaired) electrons. The first-order valence-corrected chi connectivity index (χ1v) is 16.9. The number of ether oxygens (including phenoxy) is 2. The second kappa shape index (κ2) is 13.1. The molecule has 1 fully saturated rings. The predicted molar refractivity (Wildman–Crippen MR) is 166 cm³/mol. The number of benzene rings is 1. The molecule has 2 aromatic heterocycles. The zero-order chi connectivity index (χ0) is 31.6. The minimum atomic E-state index is -4.32. The highest BCUT2D eigenvalue weighted by atomic mass is 35.5. The summed E-state index contributed by atoms with van der Waals surface area (Å²) in [5.74, 6) is 0.124. The number of thiophene rings is 1. The Kier molecular flexibility index (Phi) is 9.61. The molecular formula is C30H35ClN4O7S2. The predicted octanol–water partition coefficient (Wildman–Crippen LogP) is 5.76. The van der Waals surface area contributed by atoms with Crippen LogP contribution in [0.3, 0.4) is 0 Å². The molecule has 2 N–H and O–H groups in total. The van der Waals surface area contributed by atoms with E-state index in [0.29, 0.717) is 47.2 Å². The van der Waals surface area contributed by atoms with Gasteiger partial charge in [0.15, 0.2) is 0 Å². The maximum Gasteiger partial charge on any atom is 0.423 e. The third kappa shape index (κ3) is 7.94. The Morgan fingerprint density at radius 2 is 1.98 bits per heavy atom. The van der Waals surface area contributed by atoms with Gasteiger partial charge in [0.25, 0.3) is 0 Å². The lowest BCUT2D eigenvalue weighted by Crippen LogP contribution is -2.37. The fraction of sp³-hybridized carbons (Fsp3) is 0.467. The standard InChI is InChI=1S/C30H35ClN4O7S2/c1-17-22(27-23-12-20(31)7-6-19(23)9-10-40-27)13-25(43-17)26(36)24-14-32-16-33-28(24)34-21-8-5-18(11-21)15-41-44(38,39)35-29(37)42-30(2,3)4/h6-7,12-14,16,18,21,27H,5,8-11,15H2,1-4H3,(H,35,37)(H,32,33,34)/t18-,21+,27+/m1/s1. The second-order valence-electron chi connectivity index (χ2n) is 11.9. The van der Waals surface area contributed by atoms with E-state index < -0.39 is 22.0 Å². The summed E-state index contributed by atoms with van der Waals surface area (Å²) in [7, 11) is -4.32. The molecule has 3 heterocycles. The van der Waals surface area contributed by atoms with Crippen LogP contribution in [0.1, 0.15) is 82.9 Å². The SMILES string of the molecule is Cc1sc(C(=O)c2cncnc2N[C@H]2CC[C@@H](COS(=O)(=O)NC(=O)OC(C)(C)C)C2)cc1[C@@H]1OCCc2ccc(Cl)cc21. The van der Waals surface area contributed by atoms with Gasteiger partial charge in [-0.15, -0.1) is 11.3 Å².